The number of carboxylic acids is 1. The maximum atomic E-state index is 12.7. The van der Waals surface area contributed by atoms with Gasteiger partial charge in [0.25, 0.3) is 0 Å². The van der Waals surface area contributed by atoms with Gasteiger partial charge in [-0.25, -0.2) is 25.0 Å². The summed E-state index contributed by atoms with van der Waals surface area (Å²) in [6.45, 7) is 2.51. The van der Waals surface area contributed by atoms with Gasteiger partial charge < -0.3 is 15.5 Å². The van der Waals surface area contributed by atoms with Crippen LogP contribution < -0.4 is 21.1 Å². The molecule has 0 aliphatic carbocycles. The van der Waals surface area contributed by atoms with Gasteiger partial charge >= 0.3 is 12.0 Å². The molecule has 10 nitrogen and oxygen atoms in total. The molecule has 28 heavy (non-hydrogen) atoms. The SMILES string of the molecule is CCSCCNNC(=O)N(c1cncnc1O)[C@H](Nc1ccccc1)C(=O)O. The van der Waals surface area contributed by atoms with Gasteiger partial charge in [-0.1, -0.05) is 25.1 Å². The standard InChI is InChI=1S/C17H22N6O4S/c1-2-28-9-8-20-22-17(27)23(13-10-18-11-19-15(13)24)14(16(25)26)21-12-6-4-3-5-7-12/h3-7,10-11,14,20-21H,2,8-9H2,1H3,(H,22,27)(H,25,26)(H,18,19,24)/t14-/m0/s1. The fourth-order valence-electron chi connectivity index (χ4n) is 2.25. The molecule has 150 valence electrons. The number of hydrogen-bond donors (Lipinski definition) is 5. The zero-order valence-corrected chi connectivity index (χ0v) is 16.0. The topological polar surface area (TPSA) is 140 Å². The number of nitrogens with one attached hydrogen (secondary N) is 3. The third-order valence-electron chi connectivity index (χ3n) is 3.49. The van der Waals surface area contributed by atoms with Crippen LogP contribution in [-0.2, 0) is 4.79 Å². The van der Waals surface area contributed by atoms with E-state index >= 15 is 0 Å². The first-order valence-corrected chi connectivity index (χ1v) is 9.63. The molecular weight excluding hydrogens is 384 g/mol. The molecule has 11 heteroatoms. The molecule has 0 fully saturated rings. The van der Waals surface area contributed by atoms with E-state index in [4.69, 9.17) is 0 Å². The van der Waals surface area contributed by atoms with Crippen molar-refractivity contribution in [2.24, 2.45) is 0 Å². The fraction of sp³-hybridized carbons (Fsp3) is 0.294. The van der Waals surface area contributed by atoms with E-state index < -0.39 is 24.0 Å². The Morgan fingerprint density at radius 1 is 1.29 bits per heavy atom. The molecule has 0 aliphatic rings. The summed E-state index contributed by atoms with van der Waals surface area (Å²) in [7, 11) is 0. The van der Waals surface area contributed by atoms with Crippen LogP contribution in [0, 0.1) is 0 Å². The lowest BCUT2D eigenvalue weighted by Gasteiger charge is -2.30. The van der Waals surface area contributed by atoms with E-state index in [1.165, 1.54) is 0 Å². The number of urea groups is 1. The monoisotopic (exact) mass is 406 g/mol. The minimum Gasteiger partial charge on any atom is -0.492 e. The highest BCUT2D eigenvalue weighted by atomic mass is 32.2. The van der Waals surface area contributed by atoms with Crippen LogP contribution in [-0.4, -0.2) is 56.4 Å². The molecule has 2 rings (SSSR count). The highest BCUT2D eigenvalue weighted by molar-refractivity contribution is 7.99. The molecule has 0 saturated carbocycles. The number of carboxylic acid groups (broad SMARTS) is 1. The van der Waals surface area contributed by atoms with Crippen LogP contribution in [0.2, 0.25) is 0 Å². The molecule has 2 amide bonds. The average Bonchev–Trinajstić information content (AvgIpc) is 2.69. The minimum atomic E-state index is -1.52. The van der Waals surface area contributed by atoms with Crippen molar-refractivity contribution in [3.05, 3.63) is 42.9 Å². The number of hydrazine groups is 1. The number of amides is 2. The fourth-order valence-corrected chi connectivity index (χ4v) is 2.78. The predicted octanol–water partition coefficient (Wildman–Crippen LogP) is 1.48. The Kier molecular flexibility index (Phi) is 8.31. The lowest BCUT2D eigenvalue weighted by molar-refractivity contribution is -0.137. The van der Waals surface area contributed by atoms with Crippen molar-refractivity contribution in [2.75, 3.05) is 28.3 Å². The van der Waals surface area contributed by atoms with Crippen molar-refractivity contribution in [2.45, 2.75) is 13.1 Å². The first-order chi connectivity index (χ1) is 13.5. The van der Waals surface area contributed by atoms with Crippen LogP contribution in [0.3, 0.4) is 0 Å². The summed E-state index contributed by atoms with van der Waals surface area (Å²) >= 11 is 1.69. The number of carbonyl (C=O) groups is 2. The normalized spacial score (nSPS) is 11.5. The molecule has 1 atom stereocenters. The van der Waals surface area contributed by atoms with Crippen molar-refractivity contribution < 1.29 is 19.8 Å². The van der Waals surface area contributed by atoms with Crippen molar-refractivity contribution in [1.29, 1.82) is 0 Å². The summed E-state index contributed by atoms with van der Waals surface area (Å²) in [4.78, 5) is 32.9. The second-order valence-electron chi connectivity index (χ2n) is 5.41. The van der Waals surface area contributed by atoms with E-state index in [-0.39, 0.29) is 5.69 Å². The first kappa shape index (κ1) is 21.3. The number of para-hydroxylation sites is 1. The van der Waals surface area contributed by atoms with E-state index in [9.17, 15) is 19.8 Å². The van der Waals surface area contributed by atoms with Crippen LogP contribution in [0.25, 0.3) is 0 Å². The summed E-state index contributed by atoms with van der Waals surface area (Å²) in [6.07, 6.45) is 0.735. The molecule has 5 N–H and O–H groups in total. The number of thioether (sulfide) groups is 1. The Labute approximate surface area is 166 Å². The van der Waals surface area contributed by atoms with E-state index in [1.807, 2.05) is 6.92 Å². The third-order valence-corrected chi connectivity index (χ3v) is 4.39. The van der Waals surface area contributed by atoms with Gasteiger partial charge in [-0.05, 0) is 17.9 Å². The number of rotatable bonds is 10. The Hall–Kier alpha value is -3.05. The number of aromatic hydroxyl groups is 1. The van der Waals surface area contributed by atoms with Crippen molar-refractivity contribution in [1.82, 2.24) is 20.8 Å². The average molecular weight is 406 g/mol. The maximum Gasteiger partial charge on any atom is 0.347 e. The van der Waals surface area contributed by atoms with Gasteiger partial charge in [-0.3, -0.25) is 10.3 Å². The van der Waals surface area contributed by atoms with Crippen LogP contribution in [0.4, 0.5) is 16.2 Å². The van der Waals surface area contributed by atoms with Gasteiger partial charge in [0.2, 0.25) is 12.0 Å². The van der Waals surface area contributed by atoms with Gasteiger partial charge in [0.05, 0.1) is 6.20 Å². The van der Waals surface area contributed by atoms with E-state index in [2.05, 4.69) is 26.1 Å². The maximum absolute atomic E-state index is 12.7. The molecule has 0 radical (unpaired) electrons. The van der Waals surface area contributed by atoms with Gasteiger partial charge in [0.1, 0.15) is 12.0 Å². The zero-order valence-electron chi connectivity index (χ0n) is 15.2. The number of carbonyl (C=O) groups excluding carboxylic acids is 1. The second kappa shape index (κ2) is 10.9. The molecule has 1 aromatic carbocycles. The molecule has 0 saturated heterocycles. The van der Waals surface area contributed by atoms with E-state index in [1.54, 1.807) is 42.1 Å². The Morgan fingerprint density at radius 3 is 2.68 bits per heavy atom. The third kappa shape index (κ3) is 5.99. The lowest BCUT2D eigenvalue weighted by Crippen LogP contribution is -2.56. The number of aromatic nitrogens is 2. The number of hydrogen-bond acceptors (Lipinski definition) is 8. The molecule has 1 aromatic heterocycles. The van der Waals surface area contributed by atoms with Gasteiger partial charge in [-0.15, -0.1) is 0 Å². The summed E-state index contributed by atoms with van der Waals surface area (Å²) in [5.41, 5.74) is 5.51. The number of anilines is 2. The van der Waals surface area contributed by atoms with Crippen molar-refractivity contribution in [3.8, 4) is 5.88 Å². The quantitative estimate of drug-likeness (QED) is 0.225. The predicted molar refractivity (Wildman–Crippen MR) is 107 cm³/mol. The smallest absolute Gasteiger partial charge is 0.347 e. The van der Waals surface area contributed by atoms with Crippen LogP contribution >= 0.6 is 11.8 Å². The van der Waals surface area contributed by atoms with Gasteiger partial charge in [0.15, 0.2) is 0 Å². The Bertz CT molecular complexity index is 779. The first-order valence-electron chi connectivity index (χ1n) is 8.47. The molecule has 0 spiro atoms. The second-order valence-corrected chi connectivity index (χ2v) is 6.80. The molecule has 0 unspecified atom stereocenters. The highest BCUT2D eigenvalue weighted by Crippen LogP contribution is 2.26. The Morgan fingerprint density at radius 2 is 2.04 bits per heavy atom. The summed E-state index contributed by atoms with van der Waals surface area (Å²) in [5, 5.41) is 22.5. The zero-order chi connectivity index (χ0) is 20.4. The molecule has 0 bridgehead atoms. The number of aliphatic carboxylic acids is 1. The van der Waals surface area contributed by atoms with E-state index in [0.29, 0.717) is 12.2 Å². The molecule has 2 aromatic rings. The lowest BCUT2D eigenvalue weighted by atomic mass is 10.3. The molecule has 1 heterocycles. The van der Waals surface area contributed by atoms with Crippen molar-refractivity contribution in [3.63, 3.8) is 0 Å². The highest BCUT2D eigenvalue weighted by Gasteiger charge is 2.33. The summed E-state index contributed by atoms with van der Waals surface area (Å²) in [5.74, 6) is -0.142. The Balaban J connectivity index is 2.26. The van der Waals surface area contributed by atoms with Gasteiger partial charge in [0, 0.05) is 18.0 Å². The van der Waals surface area contributed by atoms with Crippen LogP contribution in [0.5, 0.6) is 5.88 Å². The van der Waals surface area contributed by atoms with Gasteiger partial charge in [-0.2, -0.15) is 11.8 Å². The molecular formula is C17H22N6O4S. The van der Waals surface area contributed by atoms with Crippen molar-refractivity contribution >= 4 is 35.1 Å². The number of benzene rings is 1. The van der Waals surface area contributed by atoms with Crippen LogP contribution in [0.15, 0.2) is 42.9 Å². The summed E-state index contributed by atoms with van der Waals surface area (Å²) in [6, 6.07) is 7.76. The summed E-state index contributed by atoms with van der Waals surface area (Å²) < 4.78 is 0. The molecule has 0 aliphatic heterocycles. The van der Waals surface area contributed by atoms with Crippen LogP contribution in [0.1, 0.15) is 6.92 Å². The largest absolute Gasteiger partial charge is 0.492 e. The number of nitrogens with zero attached hydrogens (tertiary/aromatic N) is 3. The van der Waals surface area contributed by atoms with E-state index in [0.717, 1.165) is 28.9 Å². The minimum absolute atomic E-state index is 0.152.